The molecule has 2 aromatic rings. The first-order valence-corrected chi connectivity index (χ1v) is 8.25. The lowest BCUT2D eigenvalue weighted by Crippen LogP contribution is -2.25. The van der Waals surface area contributed by atoms with Gasteiger partial charge < -0.3 is 9.47 Å². The summed E-state index contributed by atoms with van der Waals surface area (Å²) in [5.74, 6) is -10.6. The highest BCUT2D eigenvalue weighted by molar-refractivity contribution is 5.36. The molecule has 0 aliphatic carbocycles. The van der Waals surface area contributed by atoms with E-state index in [9.17, 15) is 39.5 Å². The van der Waals surface area contributed by atoms with E-state index in [4.69, 9.17) is 0 Å². The Morgan fingerprint density at radius 1 is 0.800 bits per heavy atom. The van der Waals surface area contributed by atoms with Crippen molar-refractivity contribution in [3.05, 3.63) is 70.8 Å². The largest absolute Gasteiger partial charge is 0.573 e. The number of rotatable bonds is 7. The Hall–Kier alpha value is -2.85. The molecule has 0 amide bonds. The van der Waals surface area contributed by atoms with Crippen LogP contribution < -0.4 is 9.47 Å². The van der Waals surface area contributed by atoms with Crippen LogP contribution in [-0.2, 0) is 12.5 Å². The van der Waals surface area contributed by atoms with Gasteiger partial charge in [-0.1, -0.05) is 12.2 Å². The Labute approximate surface area is 164 Å². The summed E-state index contributed by atoms with van der Waals surface area (Å²) in [6, 6.07) is 1.22. The first-order chi connectivity index (χ1) is 13.8. The third-order valence-corrected chi connectivity index (χ3v) is 3.66. The fourth-order valence-electron chi connectivity index (χ4n) is 2.47. The molecule has 2 nitrogen and oxygen atoms in total. The van der Waals surface area contributed by atoms with E-state index in [0.717, 1.165) is 0 Å². The molecule has 0 heterocycles. The maximum atomic E-state index is 14.3. The molecule has 11 heteroatoms. The van der Waals surface area contributed by atoms with E-state index in [1.807, 2.05) is 0 Å². The van der Waals surface area contributed by atoms with Crippen LogP contribution >= 0.6 is 0 Å². The minimum Gasteiger partial charge on any atom is -0.429 e. The van der Waals surface area contributed by atoms with Gasteiger partial charge in [-0.05, 0) is 37.5 Å². The van der Waals surface area contributed by atoms with E-state index in [-0.39, 0.29) is 24.1 Å². The highest BCUT2D eigenvalue weighted by Crippen LogP contribution is 2.38. The van der Waals surface area contributed by atoms with Crippen molar-refractivity contribution in [2.75, 3.05) is 0 Å². The van der Waals surface area contributed by atoms with Gasteiger partial charge in [0.2, 0.25) is 5.75 Å². The van der Waals surface area contributed by atoms with Crippen LogP contribution in [0.1, 0.15) is 24.5 Å². The third-order valence-electron chi connectivity index (χ3n) is 3.66. The molecule has 0 saturated carbocycles. The molecule has 164 valence electrons. The summed E-state index contributed by atoms with van der Waals surface area (Å²) in [6.45, 7) is 1.72. The Morgan fingerprint density at radius 3 is 1.80 bits per heavy atom. The van der Waals surface area contributed by atoms with Gasteiger partial charge in [0.25, 0.3) is 0 Å². The molecular formula is C19H13F9O2. The van der Waals surface area contributed by atoms with Crippen molar-refractivity contribution in [3.8, 4) is 11.5 Å². The second-order valence-electron chi connectivity index (χ2n) is 5.92. The van der Waals surface area contributed by atoms with Gasteiger partial charge in [0.1, 0.15) is 22.9 Å². The fourth-order valence-corrected chi connectivity index (χ4v) is 2.47. The van der Waals surface area contributed by atoms with Gasteiger partial charge in [-0.25, -0.2) is 17.6 Å². The number of aryl methyl sites for hydroxylation is 1. The van der Waals surface area contributed by atoms with E-state index < -0.39 is 52.8 Å². The first kappa shape index (κ1) is 23.4. The monoisotopic (exact) mass is 444 g/mol. The molecule has 0 unspecified atom stereocenters. The highest BCUT2D eigenvalue weighted by atomic mass is 19.4. The molecule has 0 aliphatic rings. The Kier molecular flexibility index (Phi) is 6.94. The van der Waals surface area contributed by atoms with Gasteiger partial charge in [0.15, 0.2) is 11.6 Å². The molecule has 0 bridgehead atoms. The lowest BCUT2D eigenvalue weighted by Gasteiger charge is -2.20. The normalized spacial score (nSPS) is 12.5. The zero-order valence-electron chi connectivity index (χ0n) is 15.1. The van der Waals surface area contributed by atoms with E-state index in [1.54, 1.807) is 19.1 Å². The number of hydrogen-bond acceptors (Lipinski definition) is 2. The molecule has 0 radical (unpaired) electrons. The molecule has 0 spiro atoms. The summed E-state index contributed by atoms with van der Waals surface area (Å²) >= 11 is 0. The van der Waals surface area contributed by atoms with Crippen LogP contribution in [0.5, 0.6) is 11.5 Å². The minimum absolute atomic E-state index is 0.0423. The molecule has 0 aromatic heterocycles. The number of hydrogen-bond donors (Lipinski definition) is 0. The predicted octanol–water partition coefficient (Wildman–Crippen LogP) is 6.78. The van der Waals surface area contributed by atoms with Crippen molar-refractivity contribution < 1.29 is 49.0 Å². The van der Waals surface area contributed by atoms with Crippen molar-refractivity contribution in [2.45, 2.75) is 32.2 Å². The standard InChI is InChI=1S/C19H13F9O2/c1-2-3-4-5-10-6-12(20)16(13(21)7-10)18(24,25)29-11-8-14(22)17(15(23)9-11)30-19(26,27)28/h2-3,6-9H,4-5H2,1H3/b3-2+. The highest BCUT2D eigenvalue weighted by Gasteiger charge is 2.42. The topological polar surface area (TPSA) is 18.5 Å². The second kappa shape index (κ2) is 8.88. The Balaban J connectivity index is 2.32. The van der Waals surface area contributed by atoms with Crippen LogP contribution in [0.15, 0.2) is 36.4 Å². The van der Waals surface area contributed by atoms with E-state index in [1.165, 1.54) is 0 Å². The lowest BCUT2D eigenvalue weighted by molar-refractivity contribution is -0.276. The van der Waals surface area contributed by atoms with Gasteiger partial charge in [0.05, 0.1) is 0 Å². The number of alkyl halides is 5. The molecule has 0 aliphatic heterocycles. The zero-order chi connectivity index (χ0) is 22.7. The molecule has 0 fully saturated rings. The van der Waals surface area contributed by atoms with Crippen molar-refractivity contribution >= 4 is 0 Å². The lowest BCUT2D eigenvalue weighted by atomic mass is 10.0. The van der Waals surface area contributed by atoms with Gasteiger partial charge in [-0.2, -0.15) is 8.78 Å². The van der Waals surface area contributed by atoms with E-state index in [0.29, 0.717) is 18.6 Å². The third kappa shape index (κ3) is 5.83. The van der Waals surface area contributed by atoms with Crippen LogP contribution in [0.2, 0.25) is 0 Å². The number of benzene rings is 2. The number of allylic oxidation sites excluding steroid dienone is 2. The summed E-state index contributed by atoms with van der Waals surface area (Å²) in [5, 5.41) is 0. The summed E-state index contributed by atoms with van der Waals surface area (Å²) in [6.07, 6.45) is -6.26. The summed E-state index contributed by atoms with van der Waals surface area (Å²) in [7, 11) is 0. The summed E-state index contributed by atoms with van der Waals surface area (Å²) < 4.78 is 127. The molecule has 2 rings (SSSR count). The van der Waals surface area contributed by atoms with Gasteiger partial charge in [-0.15, -0.1) is 13.2 Å². The maximum Gasteiger partial charge on any atom is 0.573 e. The van der Waals surface area contributed by atoms with Crippen molar-refractivity contribution in [2.24, 2.45) is 0 Å². The molecule has 2 aromatic carbocycles. The van der Waals surface area contributed by atoms with Gasteiger partial charge in [0, 0.05) is 12.1 Å². The smallest absolute Gasteiger partial charge is 0.429 e. The van der Waals surface area contributed by atoms with Gasteiger partial charge in [-0.3, -0.25) is 0 Å². The molecule has 0 saturated heterocycles. The van der Waals surface area contributed by atoms with Crippen molar-refractivity contribution in [1.29, 1.82) is 0 Å². The average Bonchev–Trinajstić information content (AvgIpc) is 2.56. The van der Waals surface area contributed by atoms with Crippen LogP contribution in [0, 0.1) is 23.3 Å². The quantitative estimate of drug-likeness (QED) is 0.346. The van der Waals surface area contributed by atoms with Gasteiger partial charge >= 0.3 is 12.5 Å². The van der Waals surface area contributed by atoms with Crippen molar-refractivity contribution in [3.63, 3.8) is 0 Å². The van der Waals surface area contributed by atoms with E-state index in [2.05, 4.69) is 9.47 Å². The Bertz CT molecular complexity index is 890. The zero-order valence-corrected chi connectivity index (χ0v) is 15.1. The van der Waals surface area contributed by atoms with Crippen LogP contribution in [0.25, 0.3) is 0 Å². The molecular weight excluding hydrogens is 431 g/mol. The predicted molar refractivity (Wildman–Crippen MR) is 87.1 cm³/mol. The number of ether oxygens (including phenoxy) is 2. The van der Waals surface area contributed by atoms with Crippen molar-refractivity contribution in [1.82, 2.24) is 0 Å². The van der Waals surface area contributed by atoms with Crippen LogP contribution in [0.3, 0.4) is 0 Å². The average molecular weight is 444 g/mol. The number of halogens is 9. The van der Waals surface area contributed by atoms with Crippen LogP contribution in [-0.4, -0.2) is 6.36 Å². The molecule has 0 N–H and O–H groups in total. The molecule has 0 atom stereocenters. The van der Waals surface area contributed by atoms with Crippen LogP contribution in [0.4, 0.5) is 39.5 Å². The molecule has 30 heavy (non-hydrogen) atoms. The van der Waals surface area contributed by atoms with E-state index >= 15 is 0 Å². The second-order valence-corrected chi connectivity index (χ2v) is 5.92. The minimum atomic E-state index is -5.45. The fraction of sp³-hybridized carbons (Fsp3) is 0.263. The SMILES string of the molecule is C/C=C/CCc1cc(F)c(C(F)(F)Oc2cc(F)c(OC(F)(F)F)c(F)c2)c(F)c1. The summed E-state index contributed by atoms with van der Waals surface area (Å²) in [5.41, 5.74) is -1.75. The first-order valence-electron chi connectivity index (χ1n) is 8.25. The summed E-state index contributed by atoms with van der Waals surface area (Å²) in [4.78, 5) is 0. The Morgan fingerprint density at radius 2 is 1.33 bits per heavy atom. The maximum absolute atomic E-state index is 14.3.